The molecule has 1 fully saturated rings. The van der Waals surface area contributed by atoms with Crippen molar-refractivity contribution in [2.45, 2.75) is 18.6 Å². The summed E-state index contributed by atoms with van der Waals surface area (Å²) >= 11 is 6.18. The Balaban J connectivity index is 1.76. The molecule has 6 nitrogen and oxygen atoms in total. The van der Waals surface area contributed by atoms with Crippen molar-refractivity contribution in [1.29, 1.82) is 0 Å². The topological polar surface area (TPSA) is 55.8 Å². The van der Waals surface area contributed by atoms with Crippen LogP contribution in [0.2, 0.25) is 5.02 Å². The molecule has 0 amide bonds. The van der Waals surface area contributed by atoms with E-state index < -0.39 is 12.7 Å². The average Bonchev–Trinajstić information content (AvgIpc) is 3.01. The van der Waals surface area contributed by atoms with Crippen molar-refractivity contribution in [3.8, 4) is 0 Å². The summed E-state index contributed by atoms with van der Waals surface area (Å²) in [5.74, 6) is 1.33. The molecular weight excluding hydrogens is 369 g/mol. The first-order valence-electron chi connectivity index (χ1n) is 8.36. The van der Waals surface area contributed by atoms with E-state index in [0.29, 0.717) is 17.5 Å². The minimum absolute atomic E-state index is 0.159. The van der Waals surface area contributed by atoms with Crippen LogP contribution >= 0.6 is 11.6 Å². The molecule has 1 aromatic rings. The summed E-state index contributed by atoms with van der Waals surface area (Å²) in [5, 5.41) is 6.96. The van der Waals surface area contributed by atoms with Crippen LogP contribution in [0.25, 0.3) is 0 Å². The number of aliphatic imine (C=N–C) groups is 1. The lowest BCUT2D eigenvalue weighted by atomic mass is 10.3. The van der Waals surface area contributed by atoms with Gasteiger partial charge in [-0.1, -0.05) is 11.6 Å². The summed E-state index contributed by atoms with van der Waals surface area (Å²) in [5.41, 5.74) is 0. The van der Waals surface area contributed by atoms with Crippen molar-refractivity contribution in [3.05, 3.63) is 23.4 Å². The van der Waals surface area contributed by atoms with E-state index in [1.54, 1.807) is 19.3 Å². The third-order valence-electron chi connectivity index (χ3n) is 4.03. The minimum Gasteiger partial charge on any atom is -0.355 e. The van der Waals surface area contributed by atoms with Crippen LogP contribution in [0.4, 0.5) is 19.0 Å². The molecule has 0 bridgehead atoms. The first-order chi connectivity index (χ1) is 12.3. The number of alkyl halides is 3. The lowest BCUT2D eigenvalue weighted by molar-refractivity contribution is -0.142. The van der Waals surface area contributed by atoms with Crippen molar-refractivity contribution in [2.24, 2.45) is 4.99 Å². The molecule has 2 N–H and O–H groups in total. The number of rotatable bonds is 6. The molecular formula is C16H24ClF3N6. The number of nitrogens with zero attached hydrogens (tertiary/aromatic N) is 4. The summed E-state index contributed by atoms with van der Waals surface area (Å²) in [6.07, 6.45) is -1.59. The van der Waals surface area contributed by atoms with Gasteiger partial charge in [0.2, 0.25) is 0 Å². The van der Waals surface area contributed by atoms with E-state index in [4.69, 9.17) is 11.6 Å². The van der Waals surface area contributed by atoms with Gasteiger partial charge in [-0.15, -0.1) is 0 Å². The van der Waals surface area contributed by atoms with Gasteiger partial charge < -0.3 is 15.5 Å². The fourth-order valence-electron chi connectivity index (χ4n) is 2.82. The fraction of sp³-hybridized carbons (Fsp3) is 0.625. The molecule has 1 aromatic heterocycles. The van der Waals surface area contributed by atoms with Crippen molar-refractivity contribution in [3.63, 3.8) is 0 Å². The second kappa shape index (κ2) is 9.27. The number of hydrogen-bond acceptors (Lipinski definition) is 4. The molecule has 146 valence electrons. The van der Waals surface area contributed by atoms with Crippen molar-refractivity contribution in [1.82, 2.24) is 20.5 Å². The Morgan fingerprint density at radius 2 is 2.27 bits per heavy atom. The molecule has 0 saturated carbocycles. The van der Waals surface area contributed by atoms with Crippen LogP contribution in [-0.2, 0) is 0 Å². The molecule has 0 aliphatic carbocycles. The van der Waals surface area contributed by atoms with E-state index in [2.05, 4.69) is 25.5 Å². The van der Waals surface area contributed by atoms with Crippen LogP contribution in [-0.4, -0.2) is 74.9 Å². The molecule has 26 heavy (non-hydrogen) atoms. The highest BCUT2D eigenvalue weighted by atomic mass is 35.5. The summed E-state index contributed by atoms with van der Waals surface area (Å²) in [4.78, 5) is 11.8. The lowest BCUT2D eigenvalue weighted by Crippen LogP contribution is -2.47. The number of likely N-dealkylation sites (N-methyl/N-ethyl adjacent to an activating group) is 1. The number of pyridine rings is 1. The Kier molecular flexibility index (Phi) is 7.33. The highest BCUT2D eigenvalue weighted by Crippen LogP contribution is 2.25. The second-order valence-electron chi connectivity index (χ2n) is 6.24. The zero-order valence-corrected chi connectivity index (χ0v) is 15.6. The lowest BCUT2D eigenvalue weighted by Gasteiger charge is -2.22. The summed E-state index contributed by atoms with van der Waals surface area (Å²) < 4.78 is 36.9. The summed E-state index contributed by atoms with van der Waals surface area (Å²) in [6.45, 7) is 1.25. The van der Waals surface area contributed by atoms with Crippen molar-refractivity contribution >= 4 is 23.4 Å². The monoisotopic (exact) mass is 392 g/mol. The van der Waals surface area contributed by atoms with Gasteiger partial charge in [-0.3, -0.25) is 9.89 Å². The third-order valence-corrected chi connectivity index (χ3v) is 4.32. The van der Waals surface area contributed by atoms with Crippen LogP contribution in [0, 0.1) is 0 Å². The third kappa shape index (κ3) is 6.53. The smallest absolute Gasteiger partial charge is 0.355 e. The Morgan fingerprint density at radius 1 is 1.50 bits per heavy atom. The molecule has 2 heterocycles. The van der Waals surface area contributed by atoms with Crippen LogP contribution in [0.1, 0.15) is 6.42 Å². The van der Waals surface area contributed by atoms with E-state index in [1.165, 1.54) is 11.9 Å². The van der Waals surface area contributed by atoms with Crippen LogP contribution < -0.4 is 15.5 Å². The molecule has 1 aliphatic rings. The number of hydrogen-bond donors (Lipinski definition) is 2. The zero-order valence-electron chi connectivity index (χ0n) is 14.9. The Morgan fingerprint density at radius 3 is 2.92 bits per heavy atom. The maximum Gasteiger partial charge on any atom is 0.401 e. The quantitative estimate of drug-likeness (QED) is 0.572. The number of nitrogens with one attached hydrogen (secondary N) is 2. The van der Waals surface area contributed by atoms with E-state index >= 15 is 0 Å². The normalized spacial score (nSPS) is 18.5. The average molecular weight is 393 g/mol. The molecule has 1 aliphatic heterocycles. The predicted octanol–water partition coefficient (Wildman–Crippen LogP) is 1.97. The molecule has 1 unspecified atom stereocenters. The van der Waals surface area contributed by atoms with Gasteiger partial charge in [0, 0.05) is 45.5 Å². The van der Waals surface area contributed by atoms with Crippen LogP contribution in [0.5, 0.6) is 0 Å². The largest absolute Gasteiger partial charge is 0.401 e. The molecule has 10 heteroatoms. The van der Waals surface area contributed by atoms with Gasteiger partial charge >= 0.3 is 6.18 Å². The maximum atomic E-state index is 12.3. The number of guanidine groups is 1. The van der Waals surface area contributed by atoms with Gasteiger partial charge in [0.25, 0.3) is 0 Å². The van der Waals surface area contributed by atoms with E-state index in [-0.39, 0.29) is 12.6 Å². The fourth-order valence-corrected chi connectivity index (χ4v) is 3.06. The number of aromatic nitrogens is 1. The van der Waals surface area contributed by atoms with E-state index in [9.17, 15) is 13.2 Å². The van der Waals surface area contributed by atoms with E-state index in [1.807, 2.05) is 6.07 Å². The standard InChI is InChI=1S/C16H24ClF3N6/c1-21-15(23-7-9-25(2)11-16(18,19)20)24-12-5-8-26(10-12)14-13(17)4-3-6-22-14/h3-4,6,12H,5,7-11H2,1-2H3,(H2,21,23,24). The molecule has 0 spiro atoms. The van der Waals surface area contributed by atoms with Gasteiger partial charge in [-0.05, 0) is 25.6 Å². The highest BCUT2D eigenvalue weighted by molar-refractivity contribution is 6.32. The van der Waals surface area contributed by atoms with Gasteiger partial charge in [0.05, 0.1) is 11.6 Å². The Bertz CT molecular complexity index is 610. The van der Waals surface area contributed by atoms with Gasteiger partial charge in [0.1, 0.15) is 5.82 Å². The maximum absolute atomic E-state index is 12.3. The minimum atomic E-state index is -4.19. The first kappa shape index (κ1) is 20.6. The van der Waals surface area contributed by atoms with Crippen molar-refractivity contribution < 1.29 is 13.2 Å². The zero-order chi connectivity index (χ0) is 19.2. The van der Waals surface area contributed by atoms with Crippen LogP contribution in [0.15, 0.2) is 23.3 Å². The highest BCUT2D eigenvalue weighted by Gasteiger charge is 2.29. The van der Waals surface area contributed by atoms with Crippen molar-refractivity contribution in [2.75, 3.05) is 51.7 Å². The van der Waals surface area contributed by atoms with Gasteiger partial charge in [-0.2, -0.15) is 13.2 Å². The number of halogens is 4. The van der Waals surface area contributed by atoms with E-state index in [0.717, 1.165) is 25.3 Å². The Hall–Kier alpha value is -1.74. The summed E-state index contributed by atoms with van der Waals surface area (Å²) in [7, 11) is 3.08. The summed E-state index contributed by atoms with van der Waals surface area (Å²) in [6, 6.07) is 3.76. The molecule has 1 saturated heterocycles. The van der Waals surface area contributed by atoms with Gasteiger partial charge in [-0.25, -0.2) is 4.98 Å². The molecule has 0 aromatic carbocycles. The van der Waals surface area contributed by atoms with Gasteiger partial charge in [0.15, 0.2) is 5.96 Å². The molecule has 2 rings (SSSR count). The Labute approximate surface area is 156 Å². The SMILES string of the molecule is CN=C(NCCN(C)CC(F)(F)F)NC1CCN(c2ncccc2Cl)C1. The molecule has 0 radical (unpaired) electrons. The molecule has 1 atom stereocenters. The second-order valence-corrected chi connectivity index (χ2v) is 6.64. The number of anilines is 1. The first-order valence-corrected chi connectivity index (χ1v) is 8.74. The van der Waals surface area contributed by atoms with Crippen LogP contribution in [0.3, 0.4) is 0 Å². The predicted molar refractivity (Wildman–Crippen MR) is 97.9 cm³/mol.